The fourth-order valence-electron chi connectivity index (χ4n) is 1.63. The first-order valence-electron chi connectivity index (χ1n) is 5.67. The molecular weight excluding hydrogens is 234 g/mol. The van der Waals surface area contributed by atoms with Gasteiger partial charge in [0, 0.05) is 16.1 Å². The van der Waals surface area contributed by atoms with Crippen LogP contribution in [0, 0.1) is 0 Å². The number of rotatable bonds is 4. The Kier molecular flexibility index (Phi) is 3.98. The highest BCUT2D eigenvalue weighted by Gasteiger charge is 2.03. The van der Waals surface area contributed by atoms with Crippen LogP contribution in [-0.2, 0) is 11.2 Å². The minimum atomic E-state index is -0.339. The number of thiophene rings is 1. The van der Waals surface area contributed by atoms with E-state index in [1.54, 1.807) is 18.3 Å². The highest BCUT2D eigenvalue weighted by Crippen LogP contribution is 2.25. The molecule has 1 heterocycles. The first kappa shape index (κ1) is 11.9. The van der Waals surface area contributed by atoms with E-state index in [1.165, 1.54) is 15.0 Å². The summed E-state index contributed by atoms with van der Waals surface area (Å²) in [5.41, 5.74) is 0. The third-order valence-electron chi connectivity index (χ3n) is 2.39. The van der Waals surface area contributed by atoms with Crippen LogP contribution in [0.1, 0.15) is 11.8 Å². The van der Waals surface area contributed by atoms with Gasteiger partial charge in [-0.15, -0.1) is 11.3 Å². The number of carbonyl (C=O) groups is 1. The molecule has 0 bridgehead atoms. The summed E-state index contributed by atoms with van der Waals surface area (Å²) in [7, 11) is 0. The predicted molar refractivity (Wildman–Crippen MR) is 70.6 cm³/mol. The highest BCUT2D eigenvalue weighted by atomic mass is 32.1. The van der Waals surface area contributed by atoms with E-state index in [9.17, 15) is 4.79 Å². The third kappa shape index (κ3) is 3.20. The number of benzene rings is 1. The standard InChI is InChI=1S/C13H15NO2S/c1-2-16-13(15)14-8-7-11-9-10-5-3-4-6-12(10)17-11/h3-6,9H,2,7-8H2,1H3,(H,14,15). The Morgan fingerprint density at radius 1 is 1.41 bits per heavy atom. The smallest absolute Gasteiger partial charge is 0.407 e. The van der Waals surface area contributed by atoms with Crippen molar-refractivity contribution in [3.63, 3.8) is 0 Å². The van der Waals surface area contributed by atoms with Gasteiger partial charge in [0.05, 0.1) is 6.61 Å². The van der Waals surface area contributed by atoms with Gasteiger partial charge in [-0.05, 0) is 30.9 Å². The topological polar surface area (TPSA) is 38.3 Å². The van der Waals surface area contributed by atoms with Crippen molar-refractivity contribution in [3.8, 4) is 0 Å². The first-order chi connectivity index (χ1) is 8.29. The van der Waals surface area contributed by atoms with Crippen LogP contribution >= 0.6 is 11.3 Å². The lowest BCUT2D eigenvalue weighted by molar-refractivity contribution is 0.152. The fraction of sp³-hybridized carbons (Fsp3) is 0.308. The number of ether oxygens (including phenoxy) is 1. The lowest BCUT2D eigenvalue weighted by Crippen LogP contribution is -2.26. The maximum Gasteiger partial charge on any atom is 0.407 e. The number of hydrogen-bond donors (Lipinski definition) is 1. The summed E-state index contributed by atoms with van der Waals surface area (Å²) < 4.78 is 6.08. The Morgan fingerprint density at radius 2 is 2.24 bits per heavy atom. The van der Waals surface area contributed by atoms with Gasteiger partial charge in [-0.25, -0.2) is 4.79 Å². The van der Waals surface area contributed by atoms with Gasteiger partial charge in [-0.1, -0.05) is 18.2 Å². The molecule has 0 unspecified atom stereocenters. The van der Waals surface area contributed by atoms with Crippen molar-refractivity contribution in [2.75, 3.05) is 13.2 Å². The quantitative estimate of drug-likeness (QED) is 0.903. The van der Waals surface area contributed by atoms with Gasteiger partial charge < -0.3 is 10.1 Å². The van der Waals surface area contributed by atoms with Crippen molar-refractivity contribution in [3.05, 3.63) is 35.2 Å². The highest BCUT2D eigenvalue weighted by molar-refractivity contribution is 7.19. The third-order valence-corrected chi connectivity index (χ3v) is 3.57. The lowest BCUT2D eigenvalue weighted by Gasteiger charge is -2.03. The molecule has 4 heteroatoms. The largest absolute Gasteiger partial charge is 0.450 e. The maximum absolute atomic E-state index is 11.1. The molecule has 1 N–H and O–H groups in total. The van der Waals surface area contributed by atoms with Gasteiger partial charge in [0.2, 0.25) is 0 Å². The summed E-state index contributed by atoms with van der Waals surface area (Å²) in [6.07, 6.45) is 0.506. The SMILES string of the molecule is CCOC(=O)NCCc1cc2ccccc2s1. The zero-order valence-corrected chi connectivity index (χ0v) is 10.5. The van der Waals surface area contributed by atoms with Crippen LogP contribution in [0.15, 0.2) is 30.3 Å². The van der Waals surface area contributed by atoms with E-state index in [4.69, 9.17) is 4.74 Å². The zero-order chi connectivity index (χ0) is 12.1. The van der Waals surface area contributed by atoms with Crippen LogP contribution in [0.2, 0.25) is 0 Å². The van der Waals surface area contributed by atoms with E-state index < -0.39 is 0 Å². The molecule has 0 aliphatic carbocycles. The van der Waals surface area contributed by atoms with Crippen LogP contribution in [0.5, 0.6) is 0 Å². The molecule has 90 valence electrons. The number of hydrogen-bond acceptors (Lipinski definition) is 3. The summed E-state index contributed by atoms with van der Waals surface area (Å²) in [4.78, 5) is 12.4. The summed E-state index contributed by atoms with van der Waals surface area (Å²) in [6.45, 7) is 2.83. The number of amides is 1. The van der Waals surface area contributed by atoms with Gasteiger partial charge in [-0.2, -0.15) is 0 Å². The molecule has 17 heavy (non-hydrogen) atoms. The average Bonchev–Trinajstić information content (AvgIpc) is 2.71. The molecule has 0 saturated carbocycles. The maximum atomic E-state index is 11.1. The van der Waals surface area contributed by atoms with E-state index in [0.717, 1.165) is 6.42 Å². The van der Waals surface area contributed by atoms with Gasteiger partial charge in [0.15, 0.2) is 0 Å². The molecule has 1 aromatic carbocycles. The molecule has 0 fully saturated rings. The predicted octanol–water partition coefficient (Wildman–Crippen LogP) is 3.19. The molecule has 0 aliphatic heterocycles. The van der Waals surface area contributed by atoms with Crippen LogP contribution in [0.25, 0.3) is 10.1 Å². The molecule has 3 nitrogen and oxygen atoms in total. The molecule has 2 aromatic rings. The Morgan fingerprint density at radius 3 is 3.00 bits per heavy atom. The Labute approximate surface area is 104 Å². The van der Waals surface area contributed by atoms with Crippen LogP contribution in [0.3, 0.4) is 0 Å². The van der Waals surface area contributed by atoms with Gasteiger partial charge >= 0.3 is 6.09 Å². The van der Waals surface area contributed by atoms with Crippen molar-refractivity contribution in [2.24, 2.45) is 0 Å². The Bertz CT molecular complexity index is 474. The summed E-state index contributed by atoms with van der Waals surface area (Å²) in [5, 5.41) is 3.99. The van der Waals surface area contributed by atoms with Gasteiger partial charge in [0.25, 0.3) is 0 Å². The second-order valence-corrected chi connectivity index (χ2v) is 4.82. The minimum absolute atomic E-state index is 0.339. The molecule has 0 radical (unpaired) electrons. The molecule has 0 atom stereocenters. The number of nitrogens with one attached hydrogen (secondary N) is 1. The second-order valence-electron chi connectivity index (χ2n) is 3.65. The van der Waals surface area contributed by atoms with Crippen molar-refractivity contribution in [1.29, 1.82) is 0 Å². The van der Waals surface area contributed by atoms with E-state index in [1.807, 2.05) is 12.1 Å². The van der Waals surface area contributed by atoms with Crippen LogP contribution in [0.4, 0.5) is 4.79 Å². The molecule has 0 saturated heterocycles. The number of carbonyl (C=O) groups excluding carboxylic acids is 1. The summed E-state index contributed by atoms with van der Waals surface area (Å²) in [5.74, 6) is 0. The van der Waals surface area contributed by atoms with E-state index in [2.05, 4.69) is 23.5 Å². The monoisotopic (exact) mass is 249 g/mol. The number of alkyl carbamates (subject to hydrolysis) is 1. The van der Waals surface area contributed by atoms with Crippen LogP contribution in [-0.4, -0.2) is 19.2 Å². The molecule has 2 rings (SSSR count). The summed E-state index contributed by atoms with van der Waals surface area (Å²) >= 11 is 1.77. The van der Waals surface area contributed by atoms with Crippen molar-refractivity contribution in [1.82, 2.24) is 5.32 Å². The number of fused-ring (bicyclic) bond motifs is 1. The van der Waals surface area contributed by atoms with Gasteiger partial charge in [-0.3, -0.25) is 0 Å². The van der Waals surface area contributed by atoms with Crippen molar-refractivity contribution < 1.29 is 9.53 Å². The molecule has 1 aromatic heterocycles. The van der Waals surface area contributed by atoms with E-state index in [-0.39, 0.29) is 6.09 Å². The first-order valence-corrected chi connectivity index (χ1v) is 6.49. The fourth-order valence-corrected chi connectivity index (χ4v) is 2.69. The van der Waals surface area contributed by atoms with E-state index >= 15 is 0 Å². The van der Waals surface area contributed by atoms with Crippen molar-refractivity contribution >= 4 is 27.5 Å². The van der Waals surface area contributed by atoms with Crippen LogP contribution < -0.4 is 5.32 Å². The molecule has 0 spiro atoms. The minimum Gasteiger partial charge on any atom is -0.450 e. The molecule has 1 amide bonds. The van der Waals surface area contributed by atoms with Crippen molar-refractivity contribution in [2.45, 2.75) is 13.3 Å². The Balaban J connectivity index is 1.89. The second kappa shape index (κ2) is 5.68. The Hall–Kier alpha value is -1.55. The molecule has 0 aliphatic rings. The lowest BCUT2D eigenvalue weighted by atomic mass is 10.2. The molecular formula is C13H15NO2S. The van der Waals surface area contributed by atoms with E-state index in [0.29, 0.717) is 13.2 Å². The van der Waals surface area contributed by atoms with Gasteiger partial charge in [0.1, 0.15) is 0 Å². The average molecular weight is 249 g/mol. The zero-order valence-electron chi connectivity index (χ0n) is 9.73. The summed E-state index contributed by atoms with van der Waals surface area (Å²) in [6, 6.07) is 10.5. The normalized spacial score (nSPS) is 10.4.